The number of hydrogen-bond acceptors (Lipinski definition) is 6. The number of pyridine rings is 2. The second-order valence-corrected chi connectivity index (χ2v) is 9.43. The summed E-state index contributed by atoms with van der Waals surface area (Å²) in [4.78, 5) is 6.30. The van der Waals surface area contributed by atoms with Gasteiger partial charge in [-0.3, -0.25) is 9.30 Å². The van der Waals surface area contributed by atoms with E-state index in [1.54, 1.807) is 17.6 Å². The standard InChI is InChI=1S/C25H25F3N6O.2ClH/c1-35-19-8-5-15-4-7-18(30-22(15)21(19)14-2-3-14)24-32-31-20-9-6-16(12-34(20)24)23(25(26,27)28)33-11-10-17(29)13-33;;/h4-9,12,14,17,23H,2-3,10-11,13,29H2,1H3;2*1H/t17-,23+;;/m0../s1. The monoisotopic (exact) mass is 554 g/mol. The van der Waals surface area contributed by atoms with Crippen molar-refractivity contribution in [1.82, 2.24) is 24.5 Å². The lowest BCUT2D eigenvalue weighted by molar-refractivity contribution is -0.183. The van der Waals surface area contributed by atoms with Crippen LogP contribution in [0.25, 0.3) is 28.1 Å². The number of ether oxygens (including phenoxy) is 1. The molecule has 0 spiro atoms. The second kappa shape index (κ2) is 10.2. The van der Waals surface area contributed by atoms with Crippen molar-refractivity contribution in [3.05, 3.63) is 53.7 Å². The van der Waals surface area contributed by atoms with Gasteiger partial charge in [-0.2, -0.15) is 13.2 Å². The largest absolute Gasteiger partial charge is 0.496 e. The molecule has 7 nitrogen and oxygen atoms in total. The summed E-state index contributed by atoms with van der Waals surface area (Å²) in [6.07, 6.45) is -0.259. The van der Waals surface area contributed by atoms with Crippen LogP contribution in [0.2, 0.25) is 0 Å². The third kappa shape index (κ3) is 4.95. The third-order valence-corrected chi connectivity index (χ3v) is 6.97. The van der Waals surface area contributed by atoms with Crippen LogP contribution in [0, 0.1) is 0 Å². The van der Waals surface area contributed by atoms with Crippen molar-refractivity contribution >= 4 is 41.4 Å². The molecule has 198 valence electrons. The van der Waals surface area contributed by atoms with E-state index in [-0.39, 0.29) is 43.0 Å². The van der Waals surface area contributed by atoms with Crippen LogP contribution in [0.1, 0.15) is 42.3 Å². The number of hydrogen-bond donors (Lipinski definition) is 1. The number of rotatable bonds is 5. The maximum absolute atomic E-state index is 14.2. The molecule has 1 aromatic carbocycles. The van der Waals surface area contributed by atoms with E-state index in [9.17, 15) is 13.2 Å². The summed E-state index contributed by atoms with van der Waals surface area (Å²) < 4.78 is 49.7. The van der Waals surface area contributed by atoms with E-state index >= 15 is 0 Å². The van der Waals surface area contributed by atoms with Crippen molar-refractivity contribution in [3.63, 3.8) is 0 Å². The second-order valence-electron chi connectivity index (χ2n) is 9.43. The average Bonchev–Trinajstić information content (AvgIpc) is 3.45. The predicted octanol–water partition coefficient (Wildman–Crippen LogP) is 5.31. The summed E-state index contributed by atoms with van der Waals surface area (Å²) in [7, 11) is 1.65. The molecule has 0 unspecified atom stereocenters. The van der Waals surface area contributed by atoms with E-state index in [1.165, 1.54) is 17.2 Å². The lowest BCUT2D eigenvalue weighted by Gasteiger charge is -2.30. The Morgan fingerprint density at radius 2 is 1.78 bits per heavy atom. The molecule has 6 rings (SSSR count). The van der Waals surface area contributed by atoms with Crippen molar-refractivity contribution in [2.75, 3.05) is 20.2 Å². The smallest absolute Gasteiger partial charge is 0.408 e. The Labute approximate surface area is 224 Å². The summed E-state index contributed by atoms with van der Waals surface area (Å²) in [5.41, 5.74) is 8.94. The van der Waals surface area contributed by atoms with Gasteiger partial charge in [0.15, 0.2) is 11.5 Å². The maximum Gasteiger partial charge on any atom is 0.408 e. The number of nitrogens with two attached hydrogens (primary N) is 1. The Kier molecular flexibility index (Phi) is 7.58. The molecule has 0 radical (unpaired) electrons. The van der Waals surface area contributed by atoms with Crippen LogP contribution in [0.3, 0.4) is 0 Å². The SMILES string of the molecule is COc1ccc2ccc(-c3nnc4ccc([C@@H](N5CC[C@H](N)C5)C(F)(F)F)cn34)nc2c1C1CC1.Cl.Cl. The minimum atomic E-state index is -4.44. The van der Waals surface area contributed by atoms with E-state index in [4.69, 9.17) is 15.5 Å². The molecule has 12 heteroatoms. The normalized spacial score (nSPS) is 19.0. The Hall–Kier alpha value is -2.66. The lowest BCUT2D eigenvalue weighted by Crippen LogP contribution is -2.38. The molecule has 1 aliphatic carbocycles. The fourth-order valence-corrected chi connectivity index (χ4v) is 5.16. The molecule has 0 amide bonds. The highest BCUT2D eigenvalue weighted by atomic mass is 35.5. The first-order valence-electron chi connectivity index (χ1n) is 11.7. The molecular formula is C25H27Cl2F3N6O. The molecule has 1 saturated carbocycles. The first kappa shape index (κ1) is 27.4. The minimum Gasteiger partial charge on any atom is -0.496 e. The number of aromatic nitrogens is 4. The van der Waals surface area contributed by atoms with Gasteiger partial charge in [-0.1, -0.05) is 12.1 Å². The van der Waals surface area contributed by atoms with Crippen LogP contribution in [0.4, 0.5) is 13.2 Å². The van der Waals surface area contributed by atoms with Gasteiger partial charge in [0, 0.05) is 36.3 Å². The Morgan fingerprint density at radius 3 is 2.43 bits per heavy atom. The van der Waals surface area contributed by atoms with Crippen LogP contribution in [0.15, 0.2) is 42.6 Å². The van der Waals surface area contributed by atoms with Crippen molar-refractivity contribution in [3.8, 4) is 17.3 Å². The zero-order valence-corrected chi connectivity index (χ0v) is 21.6. The molecule has 37 heavy (non-hydrogen) atoms. The fourth-order valence-electron chi connectivity index (χ4n) is 5.16. The molecule has 2 aliphatic rings. The van der Waals surface area contributed by atoms with Gasteiger partial charge in [0.1, 0.15) is 17.5 Å². The highest BCUT2D eigenvalue weighted by Gasteiger charge is 2.46. The first-order valence-corrected chi connectivity index (χ1v) is 11.7. The third-order valence-electron chi connectivity index (χ3n) is 6.97. The van der Waals surface area contributed by atoms with Crippen LogP contribution >= 0.6 is 24.8 Å². The van der Waals surface area contributed by atoms with E-state index < -0.39 is 12.2 Å². The molecule has 4 heterocycles. The summed E-state index contributed by atoms with van der Waals surface area (Å²) in [6, 6.07) is 8.75. The lowest BCUT2D eigenvalue weighted by atomic mass is 10.0. The number of likely N-dealkylation sites (tertiary alicyclic amines) is 1. The maximum atomic E-state index is 14.2. The summed E-state index contributed by atoms with van der Waals surface area (Å²) in [5.74, 6) is 1.60. The van der Waals surface area contributed by atoms with Crippen LogP contribution in [-0.2, 0) is 0 Å². The first-order chi connectivity index (χ1) is 16.8. The Morgan fingerprint density at radius 1 is 1.03 bits per heavy atom. The summed E-state index contributed by atoms with van der Waals surface area (Å²) in [6.45, 7) is 0.506. The highest BCUT2D eigenvalue weighted by molar-refractivity contribution is 5.87. The molecule has 3 aromatic heterocycles. The van der Waals surface area contributed by atoms with Crippen molar-refractivity contribution in [1.29, 1.82) is 0 Å². The number of alkyl halides is 3. The van der Waals surface area contributed by atoms with E-state index in [1.807, 2.05) is 24.3 Å². The highest BCUT2D eigenvalue weighted by Crippen LogP contribution is 2.47. The molecule has 2 N–H and O–H groups in total. The predicted molar refractivity (Wildman–Crippen MR) is 140 cm³/mol. The van der Waals surface area contributed by atoms with Crippen molar-refractivity contribution in [2.24, 2.45) is 5.73 Å². The van der Waals surface area contributed by atoms with Crippen LogP contribution in [-0.4, -0.2) is 56.9 Å². The molecular weight excluding hydrogens is 528 g/mol. The Bertz CT molecular complexity index is 1430. The molecule has 1 saturated heterocycles. The van der Waals surface area contributed by atoms with Gasteiger partial charge in [0.2, 0.25) is 0 Å². The van der Waals surface area contributed by atoms with E-state index in [2.05, 4.69) is 10.2 Å². The van der Waals surface area contributed by atoms with E-state index in [0.717, 1.165) is 35.1 Å². The van der Waals surface area contributed by atoms with Crippen LogP contribution in [0.5, 0.6) is 5.75 Å². The molecule has 2 atom stereocenters. The molecule has 1 aliphatic heterocycles. The van der Waals surface area contributed by atoms with Gasteiger partial charge >= 0.3 is 6.18 Å². The molecule has 2 fully saturated rings. The zero-order valence-electron chi connectivity index (χ0n) is 20.0. The average molecular weight is 555 g/mol. The van der Waals surface area contributed by atoms with Crippen molar-refractivity contribution < 1.29 is 17.9 Å². The van der Waals surface area contributed by atoms with Gasteiger partial charge in [-0.15, -0.1) is 35.0 Å². The van der Waals surface area contributed by atoms with Gasteiger partial charge in [-0.25, -0.2) is 4.98 Å². The van der Waals surface area contributed by atoms with Crippen LogP contribution < -0.4 is 10.5 Å². The molecule has 4 aromatic rings. The molecule has 0 bridgehead atoms. The van der Waals surface area contributed by atoms with Gasteiger partial charge in [0.05, 0.1) is 12.6 Å². The number of nitrogens with zero attached hydrogens (tertiary/aromatic N) is 5. The van der Waals surface area contributed by atoms with Crippen molar-refractivity contribution in [2.45, 2.75) is 43.4 Å². The zero-order chi connectivity index (χ0) is 24.3. The Balaban J connectivity index is 0.00000160. The minimum absolute atomic E-state index is 0. The van der Waals surface area contributed by atoms with Gasteiger partial charge < -0.3 is 10.5 Å². The van der Waals surface area contributed by atoms with Gasteiger partial charge in [-0.05, 0) is 55.0 Å². The summed E-state index contributed by atoms with van der Waals surface area (Å²) >= 11 is 0. The number of fused-ring (bicyclic) bond motifs is 2. The summed E-state index contributed by atoms with van der Waals surface area (Å²) in [5, 5.41) is 9.45. The quantitative estimate of drug-likeness (QED) is 0.360. The number of methoxy groups -OCH3 is 1. The fraction of sp³-hybridized carbons (Fsp3) is 0.400. The topological polar surface area (TPSA) is 81.6 Å². The number of benzene rings is 1. The number of halogens is 5. The van der Waals surface area contributed by atoms with E-state index in [0.29, 0.717) is 36.0 Å². The van der Waals surface area contributed by atoms with Gasteiger partial charge in [0.25, 0.3) is 0 Å².